The minimum absolute atomic E-state index is 0.0286. The van der Waals surface area contributed by atoms with Crippen LogP contribution in [0.15, 0.2) is 42.5 Å². The Hall–Kier alpha value is -1.78. The van der Waals surface area contributed by atoms with Crippen molar-refractivity contribution in [1.82, 2.24) is 9.55 Å². The third-order valence-electron chi connectivity index (χ3n) is 11.0. The number of hydrogen-bond acceptors (Lipinski definition) is 7. The Bertz CT molecular complexity index is 1140. The molecule has 11 atom stereocenters. The summed E-state index contributed by atoms with van der Waals surface area (Å²) >= 11 is 0. The van der Waals surface area contributed by atoms with Gasteiger partial charge in [0.05, 0.1) is 30.2 Å². The number of aliphatic hydroxyl groups excluding tert-OH is 1. The molecule has 1 saturated heterocycles. The van der Waals surface area contributed by atoms with Crippen molar-refractivity contribution in [1.29, 1.82) is 0 Å². The van der Waals surface area contributed by atoms with E-state index in [0.29, 0.717) is 6.42 Å². The Morgan fingerprint density at radius 2 is 1.93 bits per heavy atom. The summed E-state index contributed by atoms with van der Waals surface area (Å²) in [5.41, 5.74) is 0.545. The van der Waals surface area contributed by atoms with Gasteiger partial charge in [0.25, 0.3) is 0 Å². The number of cyclic esters (lactones) is 1. The van der Waals surface area contributed by atoms with Crippen LogP contribution in [0, 0.1) is 29.6 Å². The lowest BCUT2D eigenvalue weighted by Crippen LogP contribution is -2.47. The maximum atomic E-state index is 13.6. The van der Waals surface area contributed by atoms with Crippen LogP contribution in [-0.2, 0) is 19.0 Å². The second kappa shape index (κ2) is 12.3. The van der Waals surface area contributed by atoms with Gasteiger partial charge >= 0.3 is 5.97 Å². The van der Waals surface area contributed by atoms with Crippen LogP contribution in [0.5, 0.6) is 0 Å². The number of ether oxygens (including phenoxy) is 3. The Balaban J connectivity index is 1.74. The molecule has 4 rings (SSSR count). The van der Waals surface area contributed by atoms with Gasteiger partial charge in [-0.15, -0.1) is 0 Å². The van der Waals surface area contributed by atoms with Crippen LogP contribution in [0.25, 0.3) is 0 Å². The number of nitrogens with zero attached hydrogens (tertiary/aromatic N) is 2. The molecule has 9 heteroatoms. The highest BCUT2D eigenvalue weighted by atomic mass is 28.4. The lowest BCUT2D eigenvalue weighted by molar-refractivity contribution is -0.169. The second-order valence-corrected chi connectivity index (χ2v) is 19.1. The standard InChI is InChI=1S/C33H54N2O6Si/c1-20-15-22(3)33-18-25(30(41-33)28(23(4)24(5)36)35-14-13-34-19-35)11-12-26(33)16-27(39-8)31(37)40-29(20)21(2)17-32(6,7)42(9,10)38/h11-15,19-21,23-30,36,38H,16-18H2,1-10H3/b22-15+/t20-,21+,23-,24+,25-,26-,27+,28?,29+,30-,33+/m1/s1. The number of fused-ring (bicyclic) bond motifs is 1. The normalized spacial score (nSPS) is 36.3. The summed E-state index contributed by atoms with van der Waals surface area (Å²) in [5.74, 6) is -0.366. The van der Waals surface area contributed by atoms with Gasteiger partial charge in [-0.3, -0.25) is 0 Å². The van der Waals surface area contributed by atoms with E-state index in [9.17, 15) is 14.7 Å². The predicted molar refractivity (Wildman–Crippen MR) is 166 cm³/mol. The highest BCUT2D eigenvalue weighted by Gasteiger charge is 2.57. The van der Waals surface area contributed by atoms with Gasteiger partial charge in [0.1, 0.15) is 6.10 Å². The molecule has 3 heterocycles. The van der Waals surface area contributed by atoms with Crippen LogP contribution in [0.4, 0.5) is 0 Å². The summed E-state index contributed by atoms with van der Waals surface area (Å²) in [6.07, 6.45) is 12.5. The minimum atomic E-state index is -2.45. The van der Waals surface area contributed by atoms with Gasteiger partial charge in [-0.1, -0.05) is 52.8 Å². The highest BCUT2D eigenvalue weighted by Crippen LogP contribution is 2.55. The molecule has 1 spiro atoms. The van der Waals surface area contributed by atoms with Gasteiger partial charge in [0.2, 0.25) is 0 Å². The van der Waals surface area contributed by atoms with E-state index in [2.05, 4.69) is 69.3 Å². The van der Waals surface area contributed by atoms with E-state index in [4.69, 9.17) is 14.2 Å². The second-order valence-electron chi connectivity index (χ2n) is 14.6. The number of aromatic nitrogens is 2. The fourth-order valence-corrected chi connectivity index (χ4v) is 8.40. The molecule has 2 N–H and O–H groups in total. The first-order valence-electron chi connectivity index (χ1n) is 15.7. The summed E-state index contributed by atoms with van der Waals surface area (Å²) in [6.45, 7) is 18.5. The molecule has 1 unspecified atom stereocenters. The van der Waals surface area contributed by atoms with Crippen LogP contribution >= 0.6 is 0 Å². The Morgan fingerprint density at radius 1 is 1.24 bits per heavy atom. The number of methoxy groups -OCH3 is 1. The van der Waals surface area contributed by atoms with Crippen molar-refractivity contribution in [2.45, 2.75) is 122 Å². The molecule has 8 nitrogen and oxygen atoms in total. The molecule has 2 bridgehead atoms. The zero-order chi connectivity index (χ0) is 31.2. The number of rotatable bonds is 9. The molecule has 236 valence electrons. The van der Waals surface area contributed by atoms with Crippen molar-refractivity contribution in [3.05, 3.63) is 42.5 Å². The maximum Gasteiger partial charge on any atom is 0.335 e. The van der Waals surface area contributed by atoms with Gasteiger partial charge in [0, 0.05) is 43.2 Å². The van der Waals surface area contributed by atoms with Crippen molar-refractivity contribution in [3.8, 4) is 0 Å². The summed E-state index contributed by atoms with van der Waals surface area (Å²) in [7, 11) is -0.877. The van der Waals surface area contributed by atoms with Crippen LogP contribution in [0.2, 0.25) is 18.1 Å². The molecular weight excluding hydrogens is 548 g/mol. The smallest absolute Gasteiger partial charge is 0.335 e. The number of esters is 1. The van der Waals surface area contributed by atoms with Crippen LogP contribution in [0.1, 0.15) is 73.8 Å². The predicted octanol–water partition coefficient (Wildman–Crippen LogP) is 5.69. The molecule has 1 aromatic rings. The summed E-state index contributed by atoms with van der Waals surface area (Å²) in [6, 6.07) is -0.106. The lowest BCUT2D eigenvalue weighted by atomic mass is 9.69. The number of hydrogen-bond donors (Lipinski definition) is 2. The molecule has 0 amide bonds. The van der Waals surface area contributed by atoms with Crippen molar-refractivity contribution in [2.75, 3.05) is 7.11 Å². The number of imidazole rings is 1. The molecule has 1 aromatic heterocycles. The van der Waals surface area contributed by atoms with E-state index in [-0.39, 0.29) is 58.8 Å². The molecule has 0 radical (unpaired) electrons. The SMILES string of the molecule is CO[C@H]1C[C@H]2C=C[C@@H]3C[C@]2(O[C@H]3C([C@H](C)[C@H](C)O)n2ccnc2)/C(C)=C/[C@@H](C)[C@@H]([C@@H](C)CC(C)(C)[Si](C)(C)O)OC1=O. The van der Waals surface area contributed by atoms with E-state index in [1.54, 1.807) is 13.3 Å². The van der Waals surface area contributed by atoms with E-state index in [1.807, 2.05) is 32.5 Å². The van der Waals surface area contributed by atoms with E-state index < -0.39 is 26.1 Å². The molecule has 0 saturated carbocycles. The average Bonchev–Trinajstić information content (AvgIpc) is 3.53. The number of carbonyl (C=O) groups is 1. The zero-order valence-corrected chi connectivity index (χ0v) is 28.3. The van der Waals surface area contributed by atoms with E-state index >= 15 is 0 Å². The van der Waals surface area contributed by atoms with Gasteiger partial charge in [0.15, 0.2) is 14.4 Å². The first kappa shape index (κ1) is 33.1. The lowest BCUT2D eigenvalue weighted by Gasteiger charge is -2.43. The third kappa shape index (κ3) is 6.22. The topological polar surface area (TPSA) is 103 Å². The Labute approximate surface area is 253 Å². The first-order chi connectivity index (χ1) is 19.5. The largest absolute Gasteiger partial charge is 0.460 e. The summed E-state index contributed by atoms with van der Waals surface area (Å²) < 4.78 is 21.4. The van der Waals surface area contributed by atoms with Gasteiger partial charge < -0.3 is 28.7 Å². The van der Waals surface area contributed by atoms with Crippen LogP contribution in [0.3, 0.4) is 0 Å². The average molecular weight is 603 g/mol. The van der Waals surface area contributed by atoms with E-state index in [0.717, 1.165) is 18.4 Å². The summed E-state index contributed by atoms with van der Waals surface area (Å²) in [4.78, 5) is 28.9. The van der Waals surface area contributed by atoms with Crippen LogP contribution in [-0.4, -0.2) is 70.9 Å². The molecular formula is C33H54N2O6Si. The molecule has 2 aliphatic heterocycles. The van der Waals surface area contributed by atoms with Crippen LogP contribution < -0.4 is 0 Å². The maximum absolute atomic E-state index is 13.6. The third-order valence-corrected chi connectivity index (χ3v) is 14.5. The number of carbonyl (C=O) groups excluding carboxylic acids is 1. The fourth-order valence-electron chi connectivity index (χ4n) is 7.58. The molecule has 1 aliphatic carbocycles. The zero-order valence-electron chi connectivity index (χ0n) is 27.3. The Kier molecular flexibility index (Phi) is 9.71. The van der Waals surface area contributed by atoms with Gasteiger partial charge in [-0.25, -0.2) is 9.78 Å². The Morgan fingerprint density at radius 3 is 2.50 bits per heavy atom. The fraction of sp³-hybridized carbons (Fsp3) is 0.758. The monoisotopic (exact) mass is 602 g/mol. The molecule has 0 aromatic carbocycles. The highest BCUT2D eigenvalue weighted by molar-refractivity contribution is 6.72. The van der Waals surface area contributed by atoms with Crippen molar-refractivity contribution in [2.24, 2.45) is 29.6 Å². The minimum Gasteiger partial charge on any atom is -0.460 e. The number of aliphatic hydroxyl groups is 1. The van der Waals surface area contributed by atoms with Crippen molar-refractivity contribution < 1.29 is 28.9 Å². The van der Waals surface area contributed by atoms with E-state index in [1.165, 1.54) is 0 Å². The molecule has 1 fully saturated rings. The quantitative estimate of drug-likeness (QED) is 0.213. The summed E-state index contributed by atoms with van der Waals surface area (Å²) in [5, 5.41) is 10.4. The molecule has 3 aliphatic rings. The van der Waals surface area contributed by atoms with Crippen molar-refractivity contribution >= 4 is 14.3 Å². The first-order valence-corrected chi connectivity index (χ1v) is 18.6. The van der Waals surface area contributed by atoms with Gasteiger partial charge in [-0.05, 0) is 62.7 Å². The molecule has 42 heavy (non-hydrogen) atoms. The van der Waals surface area contributed by atoms with Gasteiger partial charge in [-0.2, -0.15) is 0 Å². The van der Waals surface area contributed by atoms with Crippen molar-refractivity contribution in [3.63, 3.8) is 0 Å².